The number of amides is 2. The minimum atomic E-state index is -0.0871. The van der Waals surface area contributed by atoms with Crippen LogP contribution in [0, 0.1) is 6.92 Å². The van der Waals surface area contributed by atoms with Crippen molar-refractivity contribution in [3.8, 4) is 11.1 Å². The average molecular weight is 377 g/mol. The third-order valence-electron chi connectivity index (χ3n) is 5.47. The van der Waals surface area contributed by atoms with Gasteiger partial charge < -0.3 is 14.6 Å². The molecular weight excluding hydrogens is 350 g/mol. The lowest BCUT2D eigenvalue weighted by molar-refractivity contribution is 0.185. The summed E-state index contributed by atoms with van der Waals surface area (Å²) in [6.07, 6.45) is 3.92. The normalized spacial score (nSPS) is 16.6. The molecule has 4 rings (SSSR count). The number of nitrogens with one attached hydrogen (secondary N) is 1. The lowest BCUT2D eigenvalue weighted by Gasteiger charge is -2.22. The highest BCUT2D eigenvalue weighted by Gasteiger charge is 2.33. The first-order chi connectivity index (χ1) is 13.7. The number of aromatic nitrogens is 1. The monoisotopic (exact) mass is 377 g/mol. The maximum atomic E-state index is 12.5. The highest BCUT2D eigenvalue weighted by molar-refractivity contribution is 5.81. The fraction of sp³-hybridized carbons (Fsp3) is 0.391. The standard InChI is InChI=1S/C23H27N3O2/c1-3-4-13-24-23(27)26-14-7-10-20(26)22-25-19-15-17(11-12-21(19)28-22)18-9-6-5-8-16(18)2/h5-6,8-9,11-12,15,20H,3-4,7,10,13-14H2,1-2H3,(H,24,27). The lowest BCUT2D eigenvalue weighted by Crippen LogP contribution is -2.39. The van der Waals surface area contributed by atoms with Crippen molar-refractivity contribution >= 4 is 17.1 Å². The van der Waals surface area contributed by atoms with Crippen molar-refractivity contribution in [3.63, 3.8) is 0 Å². The number of hydrogen-bond donors (Lipinski definition) is 1. The molecule has 1 N–H and O–H groups in total. The van der Waals surface area contributed by atoms with Gasteiger partial charge in [-0.25, -0.2) is 9.78 Å². The number of fused-ring (bicyclic) bond motifs is 1. The Hall–Kier alpha value is -2.82. The highest BCUT2D eigenvalue weighted by Crippen LogP contribution is 2.34. The maximum absolute atomic E-state index is 12.5. The van der Waals surface area contributed by atoms with E-state index in [4.69, 9.17) is 9.40 Å². The van der Waals surface area contributed by atoms with Gasteiger partial charge in [0.25, 0.3) is 0 Å². The fourth-order valence-electron chi connectivity index (χ4n) is 3.89. The summed E-state index contributed by atoms with van der Waals surface area (Å²) in [5.74, 6) is 0.639. The highest BCUT2D eigenvalue weighted by atomic mass is 16.4. The summed E-state index contributed by atoms with van der Waals surface area (Å²) < 4.78 is 6.05. The quantitative estimate of drug-likeness (QED) is 0.602. The minimum Gasteiger partial charge on any atom is -0.438 e. The third kappa shape index (κ3) is 3.61. The molecule has 28 heavy (non-hydrogen) atoms. The Morgan fingerprint density at radius 3 is 2.96 bits per heavy atom. The number of hydrogen-bond acceptors (Lipinski definition) is 3. The summed E-state index contributed by atoms with van der Waals surface area (Å²) in [4.78, 5) is 19.2. The van der Waals surface area contributed by atoms with Gasteiger partial charge in [0.15, 0.2) is 5.58 Å². The maximum Gasteiger partial charge on any atom is 0.318 e. The van der Waals surface area contributed by atoms with E-state index in [-0.39, 0.29) is 12.1 Å². The zero-order chi connectivity index (χ0) is 19.5. The molecule has 2 amide bonds. The molecule has 0 radical (unpaired) electrons. The number of oxazole rings is 1. The van der Waals surface area contributed by atoms with Crippen molar-refractivity contribution in [2.45, 2.75) is 45.6 Å². The van der Waals surface area contributed by atoms with Crippen molar-refractivity contribution < 1.29 is 9.21 Å². The Bertz CT molecular complexity index is 979. The molecule has 2 aromatic carbocycles. The Balaban J connectivity index is 1.59. The van der Waals surface area contributed by atoms with Gasteiger partial charge in [0, 0.05) is 13.1 Å². The van der Waals surface area contributed by atoms with Gasteiger partial charge in [0.05, 0.1) is 0 Å². The Morgan fingerprint density at radius 2 is 2.14 bits per heavy atom. The van der Waals surface area contributed by atoms with Gasteiger partial charge in [-0.05, 0) is 55.0 Å². The summed E-state index contributed by atoms with van der Waals surface area (Å²) in [6.45, 7) is 5.69. The van der Waals surface area contributed by atoms with E-state index in [1.54, 1.807) is 0 Å². The molecule has 1 atom stereocenters. The van der Waals surface area contributed by atoms with Crippen LogP contribution in [0.5, 0.6) is 0 Å². The summed E-state index contributed by atoms with van der Waals surface area (Å²) >= 11 is 0. The number of carbonyl (C=O) groups is 1. The van der Waals surface area contributed by atoms with E-state index in [2.05, 4.69) is 43.4 Å². The smallest absolute Gasteiger partial charge is 0.318 e. The number of rotatable bonds is 5. The molecule has 1 aliphatic heterocycles. The number of aryl methyl sites for hydroxylation is 1. The summed E-state index contributed by atoms with van der Waals surface area (Å²) in [5.41, 5.74) is 5.17. The van der Waals surface area contributed by atoms with Gasteiger partial charge in [-0.1, -0.05) is 43.7 Å². The molecule has 0 saturated carbocycles. The van der Waals surface area contributed by atoms with Gasteiger partial charge in [-0.3, -0.25) is 0 Å². The molecule has 1 aliphatic rings. The van der Waals surface area contributed by atoms with Crippen molar-refractivity contribution in [2.24, 2.45) is 0 Å². The van der Waals surface area contributed by atoms with E-state index in [9.17, 15) is 4.79 Å². The van der Waals surface area contributed by atoms with Gasteiger partial charge in [0.1, 0.15) is 11.6 Å². The predicted octanol–water partition coefficient (Wildman–Crippen LogP) is 5.45. The third-order valence-corrected chi connectivity index (χ3v) is 5.47. The second-order valence-electron chi connectivity index (χ2n) is 7.49. The van der Waals surface area contributed by atoms with Crippen LogP contribution in [0.15, 0.2) is 46.9 Å². The first-order valence-electron chi connectivity index (χ1n) is 10.2. The van der Waals surface area contributed by atoms with Crippen LogP contribution in [0.2, 0.25) is 0 Å². The van der Waals surface area contributed by atoms with Crippen LogP contribution in [0.3, 0.4) is 0 Å². The van der Waals surface area contributed by atoms with E-state index in [0.717, 1.165) is 48.9 Å². The molecule has 0 bridgehead atoms. The van der Waals surface area contributed by atoms with Crippen LogP contribution in [-0.2, 0) is 0 Å². The van der Waals surface area contributed by atoms with E-state index in [0.29, 0.717) is 12.4 Å². The van der Waals surface area contributed by atoms with E-state index < -0.39 is 0 Å². The molecule has 5 heteroatoms. The summed E-state index contributed by atoms with van der Waals surface area (Å²) in [6, 6.07) is 14.4. The average Bonchev–Trinajstić information content (AvgIpc) is 3.34. The van der Waals surface area contributed by atoms with Crippen LogP contribution in [-0.4, -0.2) is 29.0 Å². The largest absolute Gasteiger partial charge is 0.438 e. The van der Waals surface area contributed by atoms with Crippen molar-refractivity contribution in [1.82, 2.24) is 15.2 Å². The van der Waals surface area contributed by atoms with Crippen LogP contribution >= 0.6 is 0 Å². The summed E-state index contributed by atoms with van der Waals surface area (Å²) in [7, 11) is 0. The lowest BCUT2D eigenvalue weighted by atomic mass is 10.0. The molecule has 1 unspecified atom stereocenters. The molecule has 1 aromatic heterocycles. The van der Waals surface area contributed by atoms with Crippen LogP contribution in [0.25, 0.3) is 22.2 Å². The number of urea groups is 1. The zero-order valence-electron chi connectivity index (χ0n) is 16.6. The topological polar surface area (TPSA) is 58.4 Å². The SMILES string of the molecule is CCCCNC(=O)N1CCCC1c1nc2cc(-c3ccccc3C)ccc2o1. The number of benzene rings is 2. The second kappa shape index (κ2) is 8.05. The van der Waals surface area contributed by atoms with Crippen molar-refractivity contribution in [1.29, 1.82) is 0 Å². The fourth-order valence-corrected chi connectivity index (χ4v) is 3.89. The van der Waals surface area contributed by atoms with Gasteiger partial charge in [-0.2, -0.15) is 0 Å². The second-order valence-corrected chi connectivity index (χ2v) is 7.49. The zero-order valence-corrected chi connectivity index (χ0v) is 16.6. The van der Waals surface area contributed by atoms with E-state index >= 15 is 0 Å². The number of carbonyl (C=O) groups excluding carboxylic acids is 1. The minimum absolute atomic E-state index is 0.0150. The van der Waals surface area contributed by atoms with Gasteiger partial charge >= 0.3 is 6.03 Å². The first-order valence-corrected chi connectivity index (χ1v) is 10.2. The Kier molecular flexibility index (Phi) is 5.33. The number of nitrogens with zero attached hydrogens (tertiary/aromatic N) is 2. The van der Waals surface area contributed by atoms with Gasteiger partial charge in [-0.15, -0.1) is 0 Å². The van der Waals surface area contributed by atoms with Crippen LogP contribution in [0.4, 0.5) is 4.79 Å². The van der Waals surface area contributed by atoms with Gasteiger partial charge in [0.2, 0.25) is 5.89 Å². The van der Waals surface area contributed by atoms with Crippen molar-refractivity contribution in [2.75, 3.05) is 13.1 Å². The van der Waals surface area contributed by atoms with E-state index in [1.165, 1.54) is 11.1 Å². The molecule has 1 fully saturated rings. The van der Waals surface area contributed by atoms with Crippen molar-refractivity contribution in [3.05, 3.63) is 53.9 Å². The van der Waals surface area contributed by atoms with Crippen LogP contribution < -0.4 is 5.32 Å². The molecule has 0 aliphatic carbocycles. The van der Waals surface area contributed by atoms with E-state index in [1.807, 2.05) is 23.1 Å². The molecule has 2 heterocycles. The molecule has 146 valence electrons. The predicted molar refractivity (Wildman–Crippen MR) is 111 cm³/mol. The molecule has 3 aromatic rings. The molecule has 1 saturated heterocycles. The molecule has 0 spiro atoms. The van der Waals surface area contributed by atoms with Crippen LogP contribution in [0.1, 0.15) is 50.1 Å². The Labute approximate surface area is 165 Å². The molecular formula is C23H27N3O2. The molecule has 5 nitrogen and oxygen atoms in total. The number of likely N-dealkylation sites (tertiary alicyclic amines) is 1. The number of unbranched alkanes of at least 4 members (excludes halogenated alkanes) is 1. The Morgan fingerprint density at radius 1 is 1.29 bits per heavy atom. The first kappa shape index (κ1) is 18.5. The summed E-state index contributed by atoms with van der Waals surface area (Å²) in [5, 5.41) is 3.01.